The SMILES string of the molecule is COc1ccc(C#N)cc1CN[C@H](C)C1CCCCC1. The highest BCUT2D eigenvalue weighted by Crippen LogP contribution is 2.27. The minimum absolute atomic E-state index is 0.519. The molecule has 3 nitrogen and oxygen atoms in total. The Morgan fingerprint density at radius 2 is 2.10 bits per heavy atom. The Kier molecular flexibility index (Phi) is 5.43. The number of methoxy groups -OCH3 is 1. The van der Waals surface area contributed by atoms with Gasteiger partial charge in [0.15, 0.2) is 0 Å². The molecule has 0 unspecified atom stereocenters. The van der Waals surface area contributed by atoms with E-state index in [0.29, 0.717) is 11.6 Å². The molecule has 0 aromatic heterocycles. The summed E-state index contributed by atoms with van der Waals surface area (Å²) in [6, 6.07) is 8.30. The van der Waals surface area contributed by atoms with Gasteiger partial charge in [-0.2, -0.15) is 5.26 Å². The normalized spacial score (nSPS) is 17.4. The second-order valence-electron chi connectivity index (χ2n) is 5.71. The van der Waals surface area contributed by atoms with E-state index in [9.17, 15) is 0 Å². The lowest BCUT2D eigenvalue weighted by Gasteiger charge is -2.28. The highest BCUT2D eigenvalue weighted by atomic mass is 16.5. The van der Waals surface area contributed by atoms with Crippen LogP contribution in [0.1, 0.15) is 50.2 Å². The molecule has 0 saturated heterocycles. The van der Waals surface area contributed by atoms with E-state index in [1.807, 2.05) is 12.1 Å². The van der Waals surface area contributed by atoms with Crippen molar-refractivity contribution in [1.82, 2.24) is 5.32 Å². The van der Waals surface area contributed by atoms with Crippen LogP contribution in [0, 0.1) is 17.2 Å². The van der Waals surface area contributed by atoms with Crippen molar-refractivity contribution in [3.8, 4) is 11.8 Å². The van der Waals surface area contributed by atoms with Crippen molar-refractivity contribution < 1.29 is 4.74 Å². The minimum atomic E-state index is 0.519. The van der Waals surface area contributed by atoms with Crippen LogP contribution in [-0.4, -0.2) is 13.2 Å². The molecular weight excluding hydrogens is 248 g/mol. The molecule has 1 aromatic carbocycles. The van der Waals surface area contributed by atoms with Crippen LogP contribution < -0.4 is 10.1 Å². The van der Waals surface area contributed by atoms with E-state index in [1.165, 1.54) is 32.1 Å². The zero-order valence-corrected chi connectivity index (χ0v) is 12.5. The second kappa shape index (κ2) is 7.31. The van der Waals surface area contributed by atoms with Crippen LogP contribution in [-0.2, 0) is 6.54 Å². The summed E-state index contributed by atoms with van der Waals surface area (Å²) in [5.41, 5.74) is 1.75. The van der Waals surface area contributed by atoms with Crippen LogP contribution in [0.15, 0.2) is 18.2 Å². The molecule has 0 aliphatic heterocycles. The number of nitrogens with one attached hydrogen (secondary N) is 1. The molecule has 1 fully saturated rings. The Hall–Kier alpha value is -1.53. The van der Waals surface area contributed by atoms with E-state index in [2.05, 4.69) is 18.3 Å². The fourth-order valence-electron chi connectivity index (χ4n) is 3.06. The van der Waals surface area contributed by atoms with Crippen LogP contribution >= 0.6 is 0 Å². The molecule has 0 spiro atoms. The summed E-state index contributed by atoms with van der Waals surface area (Å²) in [6.07, 6.45) is 6.79. The molecule has 1 aliphatic rings. The zero-order valence-electron chi connectivity index (χ0n) is 12.5. The smallest absolute Gasteiger partial charge is 0.123 e. The van der Waals surface area contributed by atoms with Crippen molar-refractivity contribution in [3.63, 3.8) is 0 Å². The number of hydrogen-bond acceptors (Lipinski definition) is 3. The van der Waals surface area contributed by atoms with Crippen LogP contribution in [0.2, 0.25) is 0 Å². The van der Waals surface area contributed by atoms with Crippen LogP contribution in [0.4, 0.5) is 0 Å². The third kappa shape index (κ3) is 3.74. The number of rotatable bonds is 5. The van der Waals surface area contributed by atoms with Gasteiger partial charge < -0.3 is 10.1 Å². The summed E-state index contributed by atoms with van der Waals surface area (Å²) < 4.78 is 5.37. The van der Waals surface area contributed by atoms with Gasteiger partial charge in [-0.15, -0.1) is 0 Å². The van der Waals surface area contributed by atoms with Gasteiger partial charge in [0.05, 0.1) is 18.7 Å². The van der Waals surface area contributed by atoms with Gasteiger partial charge >= 0.3 is 0 Å². The Morgan fingerprint density at radius 1 is 1.35 bits per heavy atom. The van der Waals surface area contributed by atoms with E-state index in [-0.39, 0.29) is 0 Å². The Morgan fingerprint density at radius 3 is 2.75 bits per heavy atom. The summed E-state index contributed by atoms with van der Waals surface area (Å²) in [4.78, 5) is 0. The monoisotopic (exact) mass is 272 g/mol. The molecule has 1 saturated carbocycles. The minimum Gasteiger partial charge on any atom is -0.496 e. The number of ether oxygens (including phenoxy) is 1. The topological polar surface area (TPSA) is 45.0 Å². The molecular formula is C17H24N2O. The first-order valence-electron chi connectivity index (χ1n) is 7.55. The van der Waals surface area contributed by atoms with Crippen molar-refractivity contribution in [2.75, 3.05) is 7.11 Å². The van der Waals surface area contributed by atoms with Crippen molar-refractivity contribution in [2.45, 2.75) is 51.6 Å². The Balaban J connectivity index is 1.97. The summed E-state index contributed by atoms with van der Waals surface area (Å²) in [6.45, 7) is 3.03. The van der Waals surface area contributed by atoms with Gasteiger partial charge in [-0.3, -0.25) is 0 Å². The lowest BCUT2D eigenvalue weighted by molar-refractivity contribution is 0.279. The highest BCUT2D eigenvalue weighted by Gasteiger charge is 2.19. The van der Waals surface area contributed by atoms with E-state index >= 15 is 0 Å². The van der Waals surface area contributed by atoms with Crippen LogP contribution in [0.25, 0.3) is 0 Å². The molecule has 1 N–H and O–H groups in total. The van der Waals surface area contributed by atoms with E-state index in [0.717, 1.165) is 23.8 Å². The standard InChI is InChI=1S/C17H24N2O/c1-13(15-6-4-3-5-7-15)19-12-16-10-14(11-18)8-9-17(16)20-2/h8-10,13,15,19H,3-7,12H2,1-2H3/t13-/m1/s1. The van der Waals surface area contributed by atoms with Crippen molar-refractivity contribution >= 4 is 0 Å². The maximum atomic E-state index is 9.00. The maximum Gasteiger partial charge on any atom is 0.123 e. The summed E-state index contributed by atoms with van der Waals surface area (Å²) in [5.74, 6) is 1.64. The molecule has 0 amide bonds. The van der Waals surface area contributed by atoms with Gasteiger partial charge in [0.1, 0.15) is 5.75 Å². The first-order chi connectivity index (χ1) is 9.74. The van der Waals surface area contributed by atoms with Crippen molar-refractivity contribution in [3.05, 3.63) is 29.3 Å². The number of benzene rings is 1. The van der Waals surface area contributed by atoms with Gasteiger partial charge in [-0.05, 0) is 43.9 Å². The summed E-state index contributed by atoms with van der Waals surface area (Å²) in [5, 5.41) is 12.6. The predicted molar refractivity (Wildman–Crippen MR) is 80.6 cm³/mol. The van der Waals surface area contributed by atoms with E-state index in [4.69, 9.17) is 10.00 Å². The molecule has 1 aliphatic carbocycles. The number of nitrogens with zero attached hydrogens (tertiary/aromatic N) is 1. The van der Waals surface area contributed by atoms with E-state index < -0.39 is 0 Å². The first-order valence-corrected chi connectivity index (χ1v) is 7.55. The fraction of sp³-hybridized carbons (Fsp3) is 0.588. The zero-order chi connectivity index (χ0) is 14.4. The average Bonchev–Trinajstić information content (AvgIpc) is 2.53. The molecule has 2 rings (SSSR count). The van der Waals surface area contributed by atoms with Gasteiger partial charge in [0.2, 0.25) is 0 Å². The molecule has 3 heteroatoms. The van der Waals surface area contributed by atoms with Gasteiger partial charge in [-0.25, -0.2) is 0 Å². The molecule has 0 radical (unpaired) electrons. The predicted octanol–water partition coefficient (Wildman–Crippen LogP) is 3.63. The highest BCUT2D eigenvalue weighted by molar-refractivity contribution is 5.42. The van der Waals surface area contributed by atoms with Crippen molar-refractivity contribution in [2.24, 2.45) is 5.92 Å². The largest absolute Gasteiger partial charge is 0.496 e. The first kappa shape index (κ1) is 14.9. The van der Waals surface area contributed by atoms with Gasteiger partial charge in [-0.1, -0.05) is 19.3 Å². The number of nitriles is 1. The van der Waals surface area contributed by atoms with Crippen LogP contribution in [0.5, 0.6) is 5.75 Å². The van der Waals surface area contributed by atoms with Crippen molar-refractivity contribution in [1.29, 1.82) is 5.26 Å². The summed E-state index contributed by atoms with van der Waals surface area (Å²) >= 11 is 0. The van der Waals surface area contributed by atoms with Gasteiger partial charge in [0.25, 0.3) is 0 Å². The third-order valence-electron chi connectivity index (χ3n) is 4.38. The molecule has 0 bridgehead atoms. The molecule has 1 atom stereocenters. The third-order valence-corrected chi connectivity index (χ3v) is 4.38. The Labute approximate surface area is 121 Å². The van der Waals surface area contributed by atoms with Crippen LogP contribution in [0.3, 0.4) is 0 Å². The number of hydrogen-bond donors (Lipinski definition) is 1. The van der Waals surface area contributed by atoms with E-state index in [1.54, 1.807) is 13.2 Å². The lowest BCUT2D eigenvalue weighted by atomic mass is 9.84. The van der Waals surface area contributed by atoms with Gasteiger partial charge in [0, 0.05) is 18.2 Å². The molecule has 108 valence electrons. The summed E-state index contributed by atoms with van der Waals surface area (Å²) in [7, 11) is 1.68. The maximum absolute atomic E-state index is 9.00. The Bertz CT molecular complexity index is 472. The second-order valence-corrected chi connectivity index (χ2v) is 5.71. The quantitative estimate of drug-likeness (QED) is 0.890. The fourth-order valence-corrected chi connectivity index (χ4v) is 3.06. The molecule has 20 heavy (non-hydrogen) atoms. The molecule has 0 heterocycles. The average molecular weight is 272 g/mol. The lowest BCUT2D eigenvalue weighted by Crippen LogP contribution is -2.34. The molecule has 1 aromatic rings.